The predicted octanol–water partition coefficient (Wildman–Crippen LogP) is 1.26. The molecule has 1 saturated heterocycles. The van der Waals surface area contributed by atoms with Crippen LogP contribution in [-0.2, 0) is 6.42 Å². The third-order valence-corrected chi connectivity index (χ3v) is 3.28. The lowest BCUT2D eigenvalue weighted by atomic mass is 10.1. The van der Waals surface area contributed by atoms with Crippen molar-refractivity contribution in [2.24, 2.45) is 0 Å². The van der Waals surface area contributed by atoms with E-state index < -0.39 is 0 Å². The molecule has 0 aromatic heterocycles. The van der Waals surface area contributed by atoms with Crippen LogP contribution in [0.15, 0.2) is 24.3 Å². The number of nitrogens with zero attached hydrogens (tertiary/aromatic N) is 2. The first-order chi connectivity index (χ1) is 8.25. The van der Waals surface area contributed by atoms with Crippen LogP contribution in [-0.4, -0.2) is 39.8 Å². The Morgan fingerprint density at radius 1 is 1.29 bits per heavy atom. The van der Waals surface area contributed by atoms with Gasteiger partial charge in [0, 0.05) is 38.9 Å². The summed E-state index contributed by atoms with van der Waals surface area (Å²) in [4.78, 5) is 2.13. The molecule has 0 bridgehead atoms. The Kier molecular flexibility index (Phi) is 4.40. The molecule has 1 atom stereocenters. The van der Waals surface area contributed by atoms with E-state index in [2.05, 4.69) is 53.9 Å². The van der Waals surface area contributed by atoms with Gasteiger partial charge in [-0.05, 0) is 37.1 Å². The summed E-state index contributed by atoms with van der Waals surface area (Å²) in [6.45, 7) is 3.09. The fourth-order valence-electron chi connectivity index (χ4n) is 2.13. The molecule has 1 aromatic carbocycles. The number of nitrogens with one attached hydrogen (secondary N) is 1. The second kappa shape index (κ2) is 6.03. The Hall–Kier alpha value is -1.06. The van der Waals surface area contributed by atoms with Crippen LogP contribution >= 0.6 is 0 Å². The zero-order valence-electron chi connectivity index (χ0n) is 10.8. The van der Waals surface area contributed by atoms with Gasteiger partial charge in [0.25, 0.3) is 0 Å². The van der Waals surface area contributed by atoms with Crippen molar-refractivity contribution in [1.29, 1.82) is 0 Å². The smallest absolute Gasteiger partial charge is 0.0361 e. The Balaban J connectivity index is 1.74. The molecule has 1 aliphatic heterocycles. The summed E-state index contributed by atoms with van der Waals surface area (Å²) >= 11 is 0. The number of anilines is 1. The first-order valence-electron chi connectivity index (χ1n) is 6.38. The van der Waals surface area contributed by atoms with Crippen LogP contribution < -0.4 is 15.5 Å². The summed E-state index contributed by atoms with van der Waals surface area (Å²) in [7, 11) is 4.14. The highest BCUT2D eigenvalue weighted by Gasteiger charge is 2.13. The molecule has 0 amide bonds. The quantitative estimate of drug-likeness (QED) is 0.828. The molecule has 3 heteroatoms. The van der Waals surface area contributed by atoms with Crippen molar-refractivity contribution in [3.8, 4) is 0 Å². The maximum Gasteiger partial charge on any atom is 0.0361 e. The van der Waals surface area contributed by atoms with Crippen molar-refractivity contribution in [1.82, 2.24) is 10.6 Å². The fraction of sp³-hybridized carbons (Fsp3) is 0.571. The number of hydrogen-bond donors (Lipinski definition) is 1. The minimum Gasteiger partial charge on any atom is -0.378 e. The SMILES string of the molecule is CN(C)c1ccc(CCN[C@H]2CC[N]C2)cc1. The maximum absolute atomic E-state index is 4.35. The number of hydrogen-bond acceptors (Lipinski definition) is 2. The third kappa shape index (κ3) is 3.72. The van der Waals surface area contributed by atoms with Crippen LogP contribution in [0.4, 0.5) is 5.69 Å². The van der Waals surface area contributed by atoms with Crippen molar-refractivity contribution in [2.75, 3.05) is 38.6 Å². The lowest BCUT2D eigenvalue weighted by Gasteiger charge is -2.13. The first kappa shape index (κ1) is 12.4. The van der Waals surface area contributed by atoms with Gasteiger partial charge >= 0.3 is 0 Å². The van der Waals surface area contributed by atoms with Crippen molar-refractivity contribution in [3.63, 3.8) is 0 Å². The molecule has 0 saturated carbocycles. The van der Waals surface area contributed by atoms with Gasteiger partial charge in [0.05, 0.1) is 0 Å². The highest BCUT2D eigenvalue weighted by molar-refractivity contribution is 5.46. The van der Waals surface area contributed by atoms with Crippen LogP contribution in [0, 0.1) is 0 Å². The van der Waals surface area contributed by atoms with Gasteiger partial charge in [0.15, 0.2) is 0 Å². The van der Waals surface area contributed by atoms with Crippen LogP contribution in [0.1, 0.15) is 12.0 Å². The summed E-state index contributed by atoms with van der Waals surface area (Å²) in [5, 5.41) is 7.92. The van der Waals surface area contributed by atoms with Crippen molar-refractivity contribution in [2.45, 2.75) is 18.9 Å². The molecule has 1 aliphatic rings. The van der Waals surface area contributed by atoms with Crippen molar-refractivity contribution in [3.05, 3.63) is 29.8 Å². The monoisotopic (exact) mass is 232 g/mol. The molecule has 1 fully saturated rings. The highest BCUT2D eigenvalue weighted by atomic mass is 15.1. The Bertz CT molecular complexity index is 326. The lowest BCUT2D eigenvalue weighted by molar-refractivity contribution is 0.549. The molecular formula is C14H22N3. The zero-order valence-corrected chi connectivity index (χ0v) is 10.8. The van der Waals surface area contributed by atoms with Gasteiger partial charge in [-0.25, -0.2) is 5.32 Å². The van der Waals surface area contributed by atoms with Gasteiger partial charge in [-0.15, -0.1) is 0 Å². The molecule has 0 spiro atoms. The molecule has 93 valence electrons. The molecular weight excluding hydrogens is 210 g/mol. The second-order valence-electron chi connectivity index (χ2n) is 4.88. The predicted molar refractivity (Wildman–Crippen MR) is 72.7 cm³/mol. The van der Waals surface area contributed by atoms with E-state index in [4.69, 9.17) is 0 Å². The molecule has 1 radical (unpaired) electrons. The van der Waals surface area contributed by atoms with Crippen LogP contribution in [0.2, 0.25) is 0 Å². The fourth-order valence-corrected chi connectivity index (χ4v) is 2.13. The van der Waals surface area contributed by atoms with E-state index in [0.29, 0.717) is 6.04 Å². The minimum absolute atomic E-state index is 0.621. The van der Waals surface area contributed by atoms with Gasteiger partial charge in [0.2, 0.25) is 0 Å². The van der Waals surface area contributed by atoms with Crippen LogP contribution in [0.3, 0.4) is 0 Å². The Morgan fingerprint density at radius 3 is 2.65 bits per heavy atom. The first-order valence-corrected chi connectivity index (χ1v) is 6.38. The molecule has 1 heterocycles. The maximum atomic E-state index is 4.35. The van der Waals surface area contributed by atoms with E-state index in [1.807, 2.05) is 0 Å². The Morgan fingerprint density at radius 2 is 2.06 bits per heavy atom. The highest BCUT2D eigenvalue weighted by Crippen LogP contribution is 2.12. The van der Waals surface area contributed by atoms with E-state index in [0.717, 1.165) is 26.1 Å². The largest absolute Gasteiger partial charge is 0.378 e. The summed E-state index contributed by atoms with van der Waals surface area (Å²) in [6.07, 6.45) is 2.31. The minimum atomic E-state index is 0.621. The number of benzene rings is 1. The third-order valence-electron chi connectivity index (χ3n) is 3.28. The summed E-state index contributed by atoms with van der Waals surface area (Å²) < 4.78 is 0. The number of rotatable bonds is 5. The standard InChI is InChI=1S/C14H22N3/c1-17(2)14-5-3-12(4-6-14)7-10-16-13-8-9-15-11-13/h3-6,13,16H,7-11H2,1-2H3/t13-/m0/s1. The Labute approximate surface area is 104 Å². The molecule has 1 N–H and O–H groups in total. The molecule has 0 aliphatic carbocycles. The van der Waals surface area contributed by atoms with Gasteiger partial charge in [-0.3, -0.25) is 0 Å². The zero-order chi connectivity index (χ0) is 12.1. The average molecular weight is 232 g/mol. The topological polar surface area (TPSA) is 29.4 Å². The van der Waals surface area contributed by atoms with Gasteiger partial charge in [0.1, 0.15) is 0 Å². The lowest BCUT2D eigenvalue weighted by Crippen LogP contribution is -2.31. The van der Waals surface area contributed by atoms with E-state index in [1.165, 1.54) is 17.7 Å². The molecule has 1 aromatic rings. The van der Waals surface area contributed by atoms with Crippen molar-refractivity contribution < 1.29 is 0 Å². The average Bonchev–Trinajstić information content (AvgIpc) is 2.83. The van der Waals surface area contributed by atoms with Gasteiger partial charge in [-0.1, -0.05) is 12.1 Å². The van der Waals surface area contributed by atoms with E-state index in [-0.39, 0.29) is 0 Å². The molecule has 2 rings (SSSR count). The van der Waals surface area contributed by atoms with E-state index in [1.54, 1.807) is 0 Å². The van der Waals surface area contributed by atoms with E-state index >= 15 is 0 Å². The summed E-state index contributed by atoms with van der Waals surface area (Å²) in [6, 6.07) is 9.42. The van der Waals surface area contributed by atoms with Crippen molar-refractivity contribution >= 4 is 5.69 Å². The summed E-state index contributed by atoms with van der Waals surface area (Å²) in [5.74, 6) is 0. The summed E-state index contributed by atoms with van der Waals surface area (Å²) in [5.41, 5.74) is 2.66. The van der Waals surface area contributed by atoms with Gasteiger partial charge < -0.3 is 10.2 Å². The van der Waals surface area contributed by atoms with E-state index in [9.17, 15) is 0 Å². The van der Waals surface area contributed by atoms with Gasteiger partial charge in [-0.2, -0.15) is 0 Å². The second-order valence-corrected chi connectivity index (χ2v) is 4.88. The molecule has 0 unspecified atom stereocenters. The molecule has 3 nitrogen and oxygen atoms in total. The van der Waals surface area contributed by atoms with Crippen LogP contribution in [0.25, 0.3) is 0 Å². The normalized spacial score (nSPS) is 19.5. The molecule has 17 heavy (non-hydrogen) atoms. The van der Waals surface area contributed by atoms with Crippen LogP contribution in [0.5, 0.6) is 0 Å².